The zero-order valence-corrected chi connectivity index (χ0v) is 16.6. The van der Waals surface area contributed by atoms with Gasteiger partial charge in [0.2, 0.25) is 0 Å². The Morgan fingerprint density at radius 3 is 2.19 bits per heavy atom. The van der Waals surface area contributed by atoms with E-state index in [-0.39, 0.29) is 28.2 Å². The van der Waals surface area contributed by atoms with Gasteiger partial charge in [-0.25, -0.2) is 13.2 Å². The van der Waals surface area contributed by atoms with Crippen molar-refractivity contribution in [3.8, 4) is 0 Å². The van der Waals surface area contributed by atoms with Gasteiger partial charge in [0.25, 0.3) is 10.0 Å². The molecular formula is C20H25NO4S. The molecule has 140 valence electrons. The molecule has 0 unspecified atom stereocenters. The van der Waals surface area contributed by atoms with E-state index in [4.69, 9.17) is 4.74 Å². The zero-order valence-electron chi connectivity index (χ0n) is 15.8. The molecule has 0 saturated carbocycles. The molecule has 6 heteroatoms. The first-order valence-corrected chi connectivity index (χ1v) is 9.78. The summed E-state index contributed by atoms with van der Waals surface area (Å²) in [4.78, 5) is 12.7. The number of ether oxygens (including phenoxy) is 1. The van der Waals surface area contributed by atoms with Crippen LogP contribution in [0.3, 0.4) is 0 Å². The Balaban J connectivity index is 2.36. The van der Waals surface area contributed by atoms with Gasteiger partial charge in [0.05, 0.1) is 22.8 Å². The summed E-state index contributed by atoms with van der Waals surface area (Å²) in [6, 6.07) is 13.1. The van der Waals surface area contributed by atoms with Crippen molar-refractivity contribution in [2.24, 2.45) is 5.41 Å². The van der Waals surface area contributed by atoms with Crippen LogP contribution < -0.4 is 4.31 Å². The van der Waals surface area contributed by atoms with E-state index in [0.717, 1.165) is 9.87 Å². The molecule has 0 fully saturated rings. The Morgan fingerprint density at radius 1 is 1.04 bits per heavy atom. The molecule has 0 atom stereocenters. The number of aryl methyl sites for hydroxylation is 1. The van der Waals surface area contributed by atoms with Crippen molar-refractivity contribution in [3.05, 3.63) is 59.7 Å². The molecule has 0 spiro atoms. The molecule has 0 amide bonds. The van der Waals surface area contributed by atoms with E-state index in [0.29, 0.717) is 0 Å². The van der Waals surface area contributed by atoms with Crippen LogP contribution in [0.4, 0.5) is 5.69 Å². The first kappa shape index (κ1) is 20.0. The lowest BCUT2D eigenvalue weighted by Gasteiger charge is -2.23. The summed E-state index contributed by atoms with van der Waals surface area (Å²) >= 11 is 0. The van der Waals surface area contributed by atoms with Crippen LogP contribution in [0.5, 0.6) is 0 Å². The molecule has 26 heavy (non-hydrogen) atoms. The van der Waals surface area contributed by atoms with E-state index in [2.05, 4.69) is 0 Å². The minimum absolute atomic E-state index is 0.170. The van der Waals surface area contributed by atoms with Crippen LogP contribution in [-0.2, 0) is 14.8 Å². The second-order valence-corrected chi connectivity index (χ2v) is 9.41. The lowest BCUT2D eigenvalue weighted by molar-refractivity contribution is 0.0368. The van der Waals surface area contributed by atoms with Crippen LogP contribution in [0, 0.1) is 12.3 Å². The fourth-order valence-electron chi connectivity index (χ4n) is 2.28. The second kappa shape index (κ2) is 7.50. The van der Waals surface area contributed by atoms with Crippen molar-refractivity contribution in [1.82, 2.24) is 0 Å². The minimum atomic E-state index is -3.78. The predicted octanol–water partition coefficient (Wildman–Crippen LogP) is 4.02. The number of carbonyl (C=O) groups is 1. The Hall–Kier alpha value is -2.34. The number of carbonyl (C=O) groups excluding carboxylic acids is 1. The maximum Gasteiger partial charge on any atom is 0.340 e. The van der Waals surface area contributed by atoms with Crippen molar-refractivity contribution >= 4 is 21.7 Å². The summed E-state index contributed by atoms with van der Waals surface area (Å²) in [5, 5.41) is 0. The van der Waals surface area contributed by atoms with Gasteiger partial charge >= 0.3 is 5.97 Å². The Morgan fingerprint density at radius 2 is 1.62 bits per heavy atom. The first-order valence-electron chi connectivity index (χ1n) is 8.34. The highest BCUT2D eigenvalue weighted by atomic mass is 32.2. The van der Waals surface area contributed by atoms with Gasteiger partial charge < -0.3 is 4.74 Å². The van der Waals surface area contributed by atoms with E-state index in [1.165, 1.54) is 7.05 Å². The molecule has 0 aromatic heterocycles. The number of benzene rings is 2. The van der Waals surface area contributed by atoms with Gasteiger partial charge in [-0.2, -0.15) is 0 Å². The summed E-state index contributed by atoms with van der Waals surface area (Å²) in [5.74, 6) is -0.540. The SMILES string of the molecule is Cc1ccc(S(=O)(=O)N(C)c2ccccc2C(=O)OCC(C)(C)C)cc1. The van der Waals surface area contributed by atoms with Crippen LogP contribution in [0.25, 0.3) is 0 Å². The summed E-state index contributed by atoms with van der Waals surface area (Å²) < 4.78 is 32.3. The number of hydrogen-bond acceptors (Lipinski definition) is 4. The molecule has 5 nitrogen and oxygen atoms in total. The standard InChI is InChI=1S/C20H25NO4S/c1-15-10-12-16(13-11-15)26(23,24)21(5)18-9-7-6-8-17(18)19(22)25-14-20(2,3)4/h6-13H,14H2,1-5H3. The monoisotopic (exact) mass is 375 g/mol. The van der Waals surface area contributed by atoms with Crippen LogP contribution in [0.15, 0.2) is 53.4 Å². The number of rotatable bonds is 5. The number of anilines is 1. The normalized spacial score (nSPS) is 11.9. The molecule has 0 heterocycles. The van der Waals surface area contributed by atoms with E-state index in [9.17, 15) is 13.2 Å². The van der Waals surface area contributed by atoms with E-state index >= 15 is 0 Å². The molecular weight excluding hydrogens is 350 g/mol. The van der Waals surface area contributed by atoms with Crippen LogP contribution >= 0.6 is 0 Å². The predicted molar refractivity (Wildman–Crippen MR) is 103 cm³/mol. The van der Waals surface area contributed by atoms with Crippen LogP contribution in [0.2, 0.25) is 0 Å². The minimum Gasteiger partial charge on any atom is -0.461 e. The molecule has 0 saturated heterocycles. The Bertz CT molecular complexity index is 881. The van der Waals surface area contributed by atoms with Crippen molar-refractivity contribution in [2.45, 2.75) is 32.6 Å². The topological polar surface area (TPSA) is 63.7 Å². The highest BCUT2D eigenvalue weighted by molar-refractivity contribution is 7.92. The Labute approximate surface area is 155 Å². The lowest BCUT2D eigenvalue weighted by atomic mass is 9.99. The molecule has 2 aromatic rings. The smallest absolute Gasteiger partial charge is 0.340 e. The van der Waals surface area contributed by atoms with E-state index in [1.807, 2.05) is 27.7 Å². The quantitative estimate of drug-likeness (QED) is 0.741. The maximum atomic E-state index is 12.9. The molecule has 2 rings (SSSR count). The molecule has 0 bridgehead atoms. The number of nitrogens with zero attached hydrogens (tertiary/aromatic N) is 1. The maximum absolute atomic E-state index is 12.9. The summed E-state index contributed by atoms with van der Waals surface area (Å²) in [6.07, 6.45) is 0. The van der Waals surface area contributed by atoms with Gasteiger partial charge in [0, 0.05) is 7.05 Å². The van der Waals surface area contributed by atoms with Gasteiger partial charge in [-0.1, -0.05) is 50.6 Å². The molecule has 2 aromatic carbocycles. The molecule has 0 aliphatic carbocycles. The van der Waals surface area contributed by atoms with Gasteiger partial charge in [-0.3, -0.25) is 4.31 Å². The third kappa shape index (κ3) is 4.64. The number of sulfonamides is 1. The molecule has 0 N–H and O–H groups in total. The van der Waals surface area contributed by atoms with Crippen molar-refractivity contribution in [1.29, 1.82) is 0 Å². The van der Waals surface area contributed by atoms with Crippen molar-refractivity contribution in [2.75, 3.05) is 18.0 Å². The fraction of sp³-hybridized carbons (Fsp3) is 0.350. The van der Waals surface area contributed by atoms with Gasteiger partial charge in [0.1, 0.15) is 0 Å². The molecule has 0 aliphatic heterocycles. The van der Waals surface area contributed by atoms with Gasteiger partial charge in [-0.15, -0.1) is 0 Å². The van der Waals surface area contributed by atoms with Crippen molar-refractivity contribution in [3.63, 3.8) is 0 Å². The Kier molecular flexibility index (Phi) is 5.76. The summed E-state index contributed by atoms with van der Waals surface area (Å²) in [5.41, 5.74) is 1.30. The number of hydrogen-bond donors (Lipinski definition) is 0. The summed E-state index contributed by atoms with van der Waals surface area (Å²) in [7, 11) is -2.35. The van der Waals surface area contributed by atoms with Crippen LogP contribution in [0.1, 0.15) is 36.7 Å². The number of para-hydroxylation sites is 1. The molecule has 0 aliphatic rings. The average Bonchev–Trinajstić information content (AvgIpc) is 2.58. The third-order valence-corrected chi connectivity index (χ3v) is 5.56. The zero-order chi connectivity index (χ0) is 19.5. The van der Waals surface area contributed by atoms with Crippen LogP contribution in [-0.4, -0.2) is 28.0 Å². The number of esters is 1. The fourth-order valence-corrected chi connectivity index (χ4v) is 3.49. The largest absolute Gasteiger partial charge is 0.461 e. The lowest BCUT2D eigenvalue weighted by Crippen LogP contribution is -2.28. The van der Waals surface area contributed by atoms with E-state index < -0.39 is 16.0 Å². The van der Waals surface area contributed by atoms with Gasteiger partial charge in [-0.05, 0) is 36.6 Å². The average molecular weight is 375 g/mol. The third-order valence-electron chi connectivity index (χ3n) is 3.78. The highest BCUT2D eigenvalue weighted by Gasteiger charge is 2.26. The second-order valence-electron chi connectivity index (χ2n) is 7.44. The highest BCUT2D eigenvalue weighted by Crippen LogP contribution is 2.27. The first-order chi connectivity index (χ1) is 12.0. The van der Waals surface area contributed by atoms with Gasteiger partial charge in [0.15, 0.2) is 0 Å². The molecule has 0 radical (unpaired) electrons. The van der Waals surface area contributed by atoms with Crippen molar-refractivity contribution < 1.29 is 17.9 Å². The summed E-state index contributed by atoms with van der Waals surface area (Å²) in [6.45, 7) is 8.01. The van der Waals surface area contributed by atoms with E-state index in [1.54, 1.807) is 48.5 Å².